The van der Waals surface area contributed by atoms with Crippen molar-refractivity contribution in [3.8, 4) is 0 Å². The van der Waals surface area contributed by atoms with Crippen molar-refractivity contribution in [1.29, 1.82) is 0 Å². The molecule has 1 aliphatic heterocycles. The lowest BCUT2D eigenvalue weighted by Crippen LogP contribution is -2.37. The van der Waals surface area contributed by atoms with Crippen LogP contribution in [-0.2, 0) is 24.8 Å². The molecule has 0 radical (unpaired) electrons. The van der Waals surface area contributed by atoms with Crippen LogP contribution in [0.3, 0.4) is 0 Å². The molecule has 186 valence electrons. The molecule has 1 N–H and O–H groups in total. The average molecular weight is 477 g/mol. The SMILES string of the molecule is Cc1cc(NC(=O)CN2CCN(Cc3ccccc3)CC(Cc3cc(N(C)C)ncn3)C2)nn1C. The molecular weight excluding hydrogens is 440 g/mol. The van der Waals surface area contributed by atoms with Gasteiger partial charge < -0.3 is 10.2 Å². The molecule has 1 saturated heterocycles. The summed E-state index contributed by atoms with van der Waals surface area (Å²) in [4.78, 5) is 28.5. The lowest BCUT2D eigenvalue weighted by molar-refractivity contribution is -0.117. The van der Waals surface area contributed by atoms with Gasteiger partial charge in [-0.15, -0.1) is 0 Å². The smallest absolute Gasteiger partial charge is 0.239 e. The van der Waals surface area contributed by atoms with Gasteiger partial charge in [0.25, 0.3) is 0 Å². The van der Waals surface area contributed by atoms with Gasteiger partial charge in [-0.05, 0) is 24.8 Å². The topological polar surface area (TPSA) is 82.4 Å². The number of nitrogens with one attached hydrogen (secondary N) is 1. The third kappa shape index (κ3) is 7.10. The fourth-order valence-electron chi connectivity index (χ4n) is 4.56. The molecule has 4 rings (SSSR count). The van der Waals surface area contributed by atoms with Gasteiger partial charge in [0.15, 0.2) is 5.82 Å². The lowest BCUT2D eigenvalue weighted by atomic mass is 10.0. The third-order valence-corrected chi connectivity index (χ3v) is 6.43. The minimum Gasteiger partial charge on any atom is -0.363 e. The molecule has 3 heterocycles. The van der Waals surface area contributed by atoms with Crippen LogP contribution in [0, 0.1) is 12.8 Å². The molecule has 0 bridgehead atoms. The van der Waals surface area contributed by atoms with E-state index in [1.807, 2.05) is 39.0 Å². The first-order chi connectivity index (χ1) is 16.9. The summed E-state index contributed by atoms with van der Waals surface area (Å²) in [7, 11) is 5.85. The molecule has 9 heteroatoms. The van der Waals surface area contributed by atoms with Crippen LogP contribution in [0.1, 0.15) is 17.0 Å². The Hall–Kier alpha value is -3.30. The Bertz CT molecular complexity index is 1090. The van der Waals surface area contributed by atoms with Crippen LogP contribution in [0.25, 0.3) is 0 Å². The molecule has 1 atom stereocenters. The second-order valence-corrected chi connectivity index (χ2v) is 9.63. The van der Waals surface area contributed by atoms with E-state index in [-0.39, 0.29) is 5.91 Å². The molecule has 2 aromatic heterocycles. The van der Waals surface area contributed by atoms with Crippen LogP contribution < -0.4 is 10.2 Å². The first-order valence-corrected chi connectivity index (χ1v) is 12.1. The Labute approximate surface area is 207 Å². The highest BCUT2D eigenvalue weighted by Gasteiger charge is 2.25. The van der Waals surface area contributed by atoms with E-state index in [1.54, 1.807) is 11.0 Å². The summed E-state index contributed by atoms with van der Waals surface area (Å²) in [6, 6.07) is 14.5. The Morgan fingerprint density at radius 1 is 1.09 bits per heavy atom. The van der Waals surface area contributed by atoms with Gasteiger partial charge in [-0.25, -0.2) is 9.97 Å². The molecular formula is C26H36N8O. The summed E-state index contributed by atoms with van der Waals surface area (Å²) >= 11 is 0. The summed E-state index contributed by atoms with van der Waals surface area (Å²) in [5, 5.41) is 7.31. The number of rotatable bonds is 8. The van der Waals surface area contributed by atoms with Gasteiger partial charge in [0.2, 0.25) is 5.91 Å². The molecule has 3 aromatic rings. The Balaban J connectivity index is 1.45. The van der Waals surface area contributed by atoms with E-state index in [2.05, 4.69) is 66.6 Å². The van der Waals surface area contributed by atoms with Gasteiger partial charge in [0.05, 0.1) is 6.54 Å². The van der Waals surface area contributed by atoms with Gasteiger partial charge in [0.1, 0.15) is 12.1 Å². The number of carbonyl (C=O) groups excluding carboxylic acids is 1. The Kier molecular flexibility index (Phi) is 8.09. The standard InChI is InChI=1S/C26H36N8O/c1-20-12-24(30-32(20)4)29-26(35)18-34-11-10-33(15-21-8-6-5-7-9-21)16-22(17-34)13-23-14-25(31(2)3)28-19-27-23/h5-9,12,14,19,22H,10-11,13,15-18H2,1-4H3,(H,29,30,35). The monoisotopic (exact) mass is 476 g/mol. The Morgan fingerprint density at radius 2 is 1.83 bits per heavy atom. The second-order valence-electron chi connectivity index (χ2n) is 9.63. The fraction of sp³-hybridized carbons (Fsp3) is 0.462. The zero-order chi connectivity index (χ0) is 24.8. The molecule has 9 nitrogen and oxygen atoms in total. The minimum atomic E-state index is -0.0321. The first kappa shape index (κ1) is 24.8. The summed E-state index contributed by atoms with van der Waals surface area (Å²) in [6.07, 6.45) is 2.48. The number of carbonyl (C=O) groups is 1. The lowest BCUT2D eigenvalue weighted by Gasteiger charge is -2.24. The van der Waals surface area contributed by atoms with Gasteiger partial charge in [-0.3, -0.25) is 19.3 Å². The maximum Gasteiger partial charge on any atom is 0.239 e. The molecule has 1 fully saturated rings. The molecule has 0 spiro atoms. The van der Waals surface area contributed by atoms with E-state index in [0.29, 0.717) is 18.3 Å². The van der Waals surface area contributed by atoms with Gasteiger partial charge in [-0.1, -0.05) is 30.3 Å². The first-order valence-electron chi connectivity index (χ1n) is 12.1. The number of hydrogen-bond acceptors (Lipinski definition) is 7. The molecule has 1 aromatic carbocycles. The summed E-state index contributed by atoms with van der Waals surface area (Å²) in [5.41, 5.74) is 3.34. The van der Waals surface area contributed by atoms with E-state index in [9.17, 15) is 4.79 Å². The van der Waals surface area contributed by atoms with Crippen molar-refractivity contribution < 1.29 is 4.79 Å². The maximum absolute atomic E-state index is 12.8. The predicted molar refractivity (Wildman–Crippen MR) is 138 cm³/mol. The molecule has 35 heavy (non-hydrogen) atoms. The number of benzene rings is 1. The van der Waals surface area contributed by atoms with Crippen LogP contribution in [0.2, 0.25) is 0 Å². The fourth-order valence-corrected chi connectivity index (χ4v) is 4.56. The summed E-state index contributed by atoms with van der Waals surface area (Å²) in [6.45, 7) is 6.75. The molecule has 1 amide bonds. The third-order valence-electron chi connectivity index (χ3n) is 6.43. The molecule has 0 saturated carbocycles. The van der Waals surface area contributed by atoms with Crippen molar-refractivity contribution in [2.24, 2.45) is 13.0 Å². The Morgan fingerprint density at radius 3 is 2.54 bits per heavy atom. The van der Waals surface area contributed by atoms with Crippen molar-refractivity contribution >= 4 is 17.5 Å². The van der Waals surface area contributed by atoms with E-state index in [4.69, 9.17) is 0 Å². The van der Waals surface area contributed by atoms with E-state index in [0.717, 1.165) is 56.4 Å². The highest BCUT2D eigenvalue weighted by molar-refractivity contribution is 5.91. The number of anilines is 2. The average Bonchev–Trinajstić information content (AvgIpc) is 3.02. The summed E-state index contributed by atoms with van der Waals surface area (Å²) < 4.78 is 1.77. The normalized spacial score (nSPS) is 17.2. The van der Waals surface area contributed by atoms with E-state index in [1.165, 1.54) is 5.56 Å². The predicted octanol–water partition coefficient (Wildman–Crippen LogP) is 2.20. The summed E-state index contributed by atoms with van der Waals surface area (Å²) in [5.74, 6) is 1.82. The van der Waals surface area contributed by atoms with Gasteiger partial charge >= 0.3 is 0 Å². The minimum absolute atomic E-state index is 0.0321. The number of amides is 1. The molecule has 1 aliphatic rings. The highest BCUT2D eigenvalue weighted by atomic mass is 16.2. The maximum atomic E-state index is 12.8. The van der Waals surface area contributed by atoms with Crippen LogP contribution >= 0.6 is 0 Å². The van der Waals surface area contributed by atoms with Crippen molar-refractivity contribution in [1.82, 2.24) is 29.5 Å². The van der Waals surface area contributed by atoms with Crippen LogP contribution in [0.15, 0.2) is 48.8 Å². The van der Waals surface area contributed by atoms with E-state index >= 15 is 0 Å². The van der Waals surface area contributed by atoms with Crippen molar-refractivity contribution in [2.75, 3.05) is 57.0 Å². The number of hydrogen-bond donors (Lipinski definition) is 1. The van der Waals surface area contributed by atoms with E-state index < -0.39 is 0 Å². The van der Waals surface area contributed by atoms with Crippen LogP contribution in [-0.4, -0.2) is 82.3 Å². The van der Waals surface area contributed by atoms with Crippen LogP contribution in [0.5, 0.6) is 0 Å². The number of nitrogens with zero attached hydrogens (tertiary/aromatic N) is 7. The van der Waals surface area contributed by atoms with Gasteiger partial charge in [-0.2, -0.15) is 5.10 Å². The highest BCUT2D eigenvalue weighted by Crippen LogP contribution is 2.18. The number of aryl methyl sites for hydroxylation is 2. The van der Waals surface area contributed by atoms with Crippen molar-refractivity contribution in [2.45, 2.75) is 19.9 Å². The second kappa shape index (κ2) is 11.4. The zero-order valence-electron chi connectivity index (χ0n) is 21.2. The quantitative estimate of drug-likeness (QED) is 0.534. The largest absolute Gasteiger partial charge is 0.363 e. The van der Waals surface area contributed by atoms with Gasteiger partial charge in [0, 0.05) is 77.4 Å². The van der Waals surface area contributed by atoms with Crippen molar-refractivity contribution in [3.05, 3.63) is 65.7 Å². The number of aromatic nitrogens is 4. The van der Waals surface area contributed by atoms with Crippen LogP contribution in [0.4, 0.5) is 11.6 Å². The molecule has 0 aliphatic carbocycles. The van der Waals surface area contributed by atoms with Crippen molar-refractivity contribution in [3.63, 3.8) is 0 Å². The molecule has 1 unspecified atom stereocenters. The zero-order valence-corrected chi connectivity index (χ0v) is 21.2.